The molecule has 2 rings (SSSR count). The van der Waals surface area contributed by atoms with Crippen molar-refractivity contribution in [1.82, 2.24) is 0 Å². The predicted molar refractivity (Wildman–Crippen MR) is 67.2 cm³/mol. The average molecular weight is 230 g/mol. The van der Waals surface area contributed by atoms with E-state index >= 15 is 0 Å². The van der Waals surface area contributed by atoms with Crippen LogP contribution in [-0.4, -0.2) is 11.6 Å². The molecule has 0 fully saturated rings. The van der Waals surface area contributed by atoms with Gasteiger partial charge >= 0.3 is 0 Å². The van der Waals surface area contributed by atoms with E-state index in [0.717, 1.165) is 23.1 Å². The fourth-order valence-corrected chi connectivity index (χ4v) is 2.56. The van der Waals surface area contributed by atoms with Gasteiger partial charge in [0.15, 0.2) is 5.78 Å². The molecule has 17 heavy (non-hydrogen) atoms. The molecule has 1 aromatic rings. The Bertz CT molecular complexity index is 460. The van der Waals surface area contributed by atoms with Crippen LogP contribution in [0, 0.1) is 12.8 Å². The third-order valence-electron chi connectivity index (χ3n) is 3.61. The lowest BCUT2D eigenvalue weighted by Gasteiger charge is -2.06. The molecule has 0 saturated heterocycles. The van der Waals surface area contributed by atoms with Crippen molar-refractivity contribution >= 4 is 11.6 Å². The van der Waals surface area contributed by atoms with Gasteiger partial charge in [-0.05, 0) is 30.9 Å². The summed E-state index contributed by atoms with van der Waals surface area (Å²) < 4.78 is 0. The standard InChI is InChI=1S/C15H18O2/c1-3-13(16)8-7-12-9-11-6-4-5-10(2)14(11)15(12)17/h4-6,12H,3,7-9H2,1-2H3/t12-/m0/s1. The lowest BCUT2D eigenvalue weighted by molar-refractivity contribution is -0.118. The van der Waals surface area contributed by atoms with E-state index in [1.807, 2.05) is 32.0 Å². The minimum Gasteiger partial charge on any atom is -0.300 e. The molecule has 0 unspecified atom stereocenters. The Morgan fingerprint density at radius 2 is 2.18 bits per heavy atom. The number of rotatable bonds is 4. The third kappa shape index (κ3) is 2.31. The molecule has 0 aliphatic heterocycles. The van der Waals surface area contributed by atoms with E-state index in [9.17, 15) is 9.59 Å². The van der Waals surface area contributed by atoms with Gasteiger partial charge in [-0.25, -0.2) is 0 Å². The van der Waals surface area contributed by atoms with E-state index in [1.54, 1.807) is 0 Å². The number of fused-ring (bicyclic) bond motifs is 1. The predicted octanol–water partition coefficient (Wildman–Crippen LogP) is 3.11. The minimum absolute atomic E-state index is 0.0293. The first-order chi connectivity index (χ1) is 8.13. The zero-order valence-electron chi connectivity index (χ0n) is 10.5. The van der Waals surface area contributed by atoms with Gasteiger partial charge in [0.1, 0.15) is 5.78 Å². The zero-order chi connectivity index (χ0) is 12.4. The van der Waals surface area contributed by atoms with Crippen molar-refractivity contribution in [2.75, 3.05) is 0 Å². The third-order valence-corrected chi connectivity index (χ3v) is 3.61. The van der Waals surface area contributed by atoms with Crippen molar-refractivity contribution in [3.63, 3.8) is 0 Å². The van der Waals surface area contributed by atoms with E-state index in [2.05, 4.69) is 0 Å². The lowest BCUT2D eigenvalue weighted by atomic mass is 9.96. The second-order valence-corrected chi connectivity index (χ2v) is 4.81. The number of aryl methyl sites for hydroxylation is 1. The molecule has 0 spiro atoms. The summed E-state index contributed by atoms with van der Waals surface area (Å²) in [4.78, 5) is 23.5. The fraction of sp³-hybridized carbons (Fsp3) is 0.467. The molecule has 90 valence electrons. The highest BCUT2D eigenvalue weighted by Crippen LogP contribution is 2.31. The van der Waals surface area contributed by atoms with Crippen LogP contribution in [0.15, 0.2) is 18.2 Å². The Labute approximate surface area is 102 Å². The number of carbonyl (C=O) groups is 2. The Balaban J connectivity index is 2.10. The van der Waals surface area contributed by atoms with E-state index in [4.69, 9.17) is 0 Å². The van der Waals surface area contributed by atoms with E-state index < -0.39 is 0 Å². The van der Waals surface area contributed by atoms with Crippen molar-refractivity contribution < 1.29 is 9.59 Å². The van der Waals surface area contributed by atoms with Crippen LogP contribution in [0.5, 0.6) is 0 Å². The largest absolute Gasteiger partial charge is 0.300 e. The van der Waals surface area contributed by atoms with Gasteiger partial charge in [0.2, 0.25) is 0 Å². The summed E-state index contributed by atoms with van der Waals surface area (Å²) in [6, 6.07) is 6.01. The maximum Gasteiger partial charge on any atom is 0.166 e. The minimum atomic E-state index is 0.0293. The van der Waals surface area contributed by atoms with Gasteiger partial charge in [-0.2, -0.15) is 0 Å². The molecule has 0 saturated carbocycles. The van der Waals surface area contributed by atoms with Gasteiger partial charge in [0.05, 0.1) is 0 Å². The summed E-state index contributed by atoms with van der Waals surface area (Å²) in [5.41, 5.74) is 3.13. The number of hydrogen-bond donors (Lipinski definition) is 0. The van der Waals surface area contributed by atoms with Gasteiger partial charge in [0, 0.05) is 24.3 Å². The van der Waals surface area contributed by atoms with Crippen molar-refractivity contribution in [2.24, 2.45) is 5.92 Å². The van der Waals surface area contributed by atoms with Crippen LogP contribution in [0.25, 0.3) is 0 Å². The van der Waals surface area contributed by atoms with Crippen LogP contribution in [0.3, 0.4) is 0 Å². The number of ketones is 2. The molecule has 2 nitrogen and oxygen atoms in total. The molecule has 0 amide bonds. The second kappa shape index (κ2) is 4.82. The van der Waals surface area contributed by atoms with Gasteiger partial charge in [-0.1, -0.05) is 25.1 Å². The first kappa shape index (κ1) is 12.0. The van der Waals surface area contributed by atoms with Crippen molar-refractivity contribution in [3.05, 3.63) is 34.9 Å². The van der Waals surface area contributed by atoms with Crippen LogP contribution in [0.4, 0.5) is 0 Å². The maximum atomic E-state index is 12.2. The molecule has 1 aliphatic rings. The molecule has 0 radical (unpaired) electrons. The SMILES string of the molecule is CCC(=O)CC[C@H]1Cc2cccc(C)c2C1=O. The number of Topliss-reactive ketones (excluding diaryl/α,β-unsaturated/α-hetero) is 2. The first-order valence-electron chi connectivity index (χ1n) is 6.28. The zero-order valence-corrected chi connectivity index (χ0v) is 10.5. The molecule has 0 heterocycles. The Morgan fingerprint density at radius 1 is 1.41 bits per heavy atom. The van der Waals surface area contributed by atoms with E-state index in [-0.39, 0.29) is 17.5 Å². The lowest BCUT2D eigenvalue weighted by Crippen LogP contribution is -2.11. The van der Waals surface area contributed by atoms with Gasteiger partial charge in [-0.3, -0.25) is 9.59 Å². The van der Waals surface area contributed by atoms with Crippen molar-refractivity contribution in [1.29, 1.82) is 0 Å². The smallest absolute Gasteiger partial charge is 0.166 e. The molecule has 1 atom stereocenters. The second-order valence-electron chi connectivity index (χ2n) is 4.81. The quantitative estimate of drug-likeness (QED) is 0.796. The Morgan fingerprint density at radius 3 is 2.82 bits per heavy atom. The van der Waals surface area contributed by atoms with Crippen LogP contribution in [0.1, 0.15) is 47.7 Å². The number of hydrogen-bond acceptors (Lipinski definition) is 2. The summed E-state index contributed by atoms with van der Waals surface area (Å²) in [7, 11) is 0. The van der Waals surface area contributed by atoms with Crippen LogP contribution >= 0.6 is 0 Å². The molecule has 1 aromatic carbocycles. The molecule has 2 heteroatoms. The highest BCUT2D eigenvalue weighted by atomic mass is 16.1. The van der Waals surface area contributed by atoms with Crippen molar-refractivity contribution in [3.8, 4) is 0 Å². The molecule has 0 aromatic heterocycles. The highest BCUT2D eigenvalue weighted by molar-refractivity contribution is 6.03. The maximum absolute atomic E-state index is 12.2. The first-order valence-corrected chi connectivity index (χ1v) is 6.28. The van der Waals surface area contributed by atoms with E-state index in [0.29, 0.717) is 19.3 Å². The van der Waals surface area contributed by atoms with Gasteiger partial charge in [0.25, 0.3) is 0 Å². The summed E-state index contributed by atoms with van der Waals surface area (Å²) in [6.45, 7) is 3.86. The monoisotopic (exact) mass is 230 g/mol. The fourth-order valence-electron chi connectivity index (χ4n) is 2.56. The molecular weight excluding hydrogens is 212 g/mol. The summed E-state index contributed by atoms with van der Waals surface area (Å²) in [5.74, 6) is 0.522. The highest BCUT2D eigenvalue weighted by Gasteiger charge is 2.31. The Hall–Kier alpha value is -1.44. The average Bonchev–Trinajstić information content (AvgIpc) is 2.64. The summed E-state index contributed by atoms with van der Waals surface area (Å²) >= 11 is 0. The molecule has 1 aliphatic carbocycles. The van der Waals surface area contributed by atoms with Crippen LogP contribution in [0.2, 0.25) is 0 Å². The molecular formula is C15H18O2. The Kier molecular flexibility index (Phi) is 3.41. The molecule has 0 N–H and O–H groups in total. The molecule has 0 bridgehead atoms. The van der Waals surface area contributed by atoms with Crippen LogP contribution in [-0.2, 0) is 11.2 Å². The van der Waals surface area contributed by atoms with Gasteiger partial charge < -0.3 is 0 Å². The topological polar surface area (TPSA) is 34.1 Å². The summed E-state index contributed by atoms with van der Waals surface area (Å²) in [5, 5.41) is 0. The van der Waals surface area contributed by atoms with Gasteiger partial charge in [-0.15, -0.1) is 0 Å². The number of benzene rings is 1. The van der Waals surface area contributed by atoms with Crippen LogP contribution < -0.4 is 0 Å². The van der Waals surface area contributed by atoms with Crippen molar-refractivity contribution in [2.45, 2.75) is 39.5 Å². The van der Waals surface area contributed by atoms with E-state index in [1.165, 1.54) is 0 Å². The summed E-state index contributed by atoms with van der Waals surface area (Å²) in [6.07, 6.45) is 2.64. The normalized spacial score (nSPS) is 18.2. The number of carbonyl (C=O) groups excluding carboxylic acids is 2.